The molecule has 0 aliphatic rings. The van der Waals surface area contributed by atoms with Crippen LogP contribution in [0.3, 0.4) is 0 Å². The molecule has 1 aromatic rings. The Morgan fingerprint density at radius 3 is 2.68 bits per heavy atom. The van der Waals surface area contributed by atoms with Crippen molar-refractivity contribution in [1.29, 1.82) is 10.5 Å². The molecule has 1 rings (SSSR count). The summed E-state index contributed by atoms with van der Waals surface area (Å²) in [7, 11) is 0. The van der Waals surface area contributed by atoms with Crippen LogP contribution in [0.15, 0.2) is 23.1 Å². The minimum atomic E-state index is 0.0627. The van der Waals surface area contributed by atoms with E-state index in [0.29, 0.717) is 24.3 Å². The van der Waals surface area contributed by atoms with Crippen molar-refractivity contribution in [2.45, 2.75) is 11.3 Å². The van der Waals surface area contributed by atoms with E-state index in [-0.39, 0.29) is 6.61 Å². The van der Waals surface area contributed by atoms with Crippen molar-refractivity contribution < 1.29 is 9.84 Å². The summed E-state index contributed by atoms with van der Waals surface area (Å²) in [5.41, 5.74) is 0.862. The van der Waals surface area contributed by atoms with Crippen LogP contribution in [-0.4, -0.2) is 43.0 Å². The van der Waals surface area contributed by atoms with Crippen molar-refractivity contribution >= 4 is 23.7 Å². The first-order valence-corrected chi connectivity index (χ1v) is 8.89. The number of nitrogens with one attached hydrogen (secondary N) is 1. The van der Waals surface area contributed by atoms with E-state index in [1.807, 2.05) is 18.2 Å². The SMILES string of the molecule is N#Cc1ccc(SCCCSNCCOCCO)cc1C#N. The van der Waals surface area contributed by atoms with Gasteiger partial charge in [-0.25, -0.2) is 0 Å². The normalized spacial score (nSPS) is 10.1. The molecule has 118 valence electrons. The highest BCUT2D eigenvalue weighted by Gasteiger charge is 2.03. The molecule has 0 radical (unpaired) electrons. The molecule has 5 nitrogen and oxygen atoms in total. The van der Waals surface area contributed by atoms with Crippen LogP contribution in [0.4, 0.5) is 0 Å². The Labute approximate surface area is 139 Å². The lowest BCUT2D eigenvalue weighted by atomic mass is 10.1. The standard InChI is InChI=1S/C15H19N3O2S2/c16-11-13-2-3-15(10-14(13)12-17)21-8-1-9-22-18-4-6-20-7-5-19/h2-3,10,18-19H,1,4-9H2. The van der Waals surface area contributed by atoms with Crippen LogP contribution in [0.25, 0.3) is 0 Å². The number of hydrogen-bond donors (Lipinski definition) is 2. The van der Waals surface area contributed by atoms with Gasteiger partial charge in [-0.2, -0.15) is 10.5 Å². The second-order valence-electron chi connectivity index (χ2n) is 4.21. The first kappa shape index (κ1) is 18.8. The van der Waals surface area contributed by atoms with Crippen molar-refractivity contribution in [3.05, 3.63) is 29.3 Å². The second kappa shape index (κ2) is 12.3. The molecule has 0 amide bonds. The fraction of sp³-hybridized carbons (Fsp3) is 0.467. The van der Waals surface area contributed by atoms with Crippen LogP contribution in [0.2, 0.25) is 0 Å². The van der Waals surface area contributed by atoms with Crippen LogP contribution < -0.4 is 4.72 Å². The highest BCUT2D eigenvalue weighted by Crippen LogP contribution is 2.22. The molecule has 0 heterocycles. The van der Waals surface area contributed by atoms with Gasteiger partial charge in [0, 0.05) is 17.2 Å². The minimum Gasteiger partial charge on any atom is -0.394 e. The molecule has 0 unspecified atom stereocenters. The second-order valence-corrected chi connectivity index (χ2v) is 6.37. The summed E-state index contributed by atoms with van der Waals surface area (Å²) >= 11 is 3.35. The summed E-state index contributed by atoms with van der Waals surface area (Å²) < 4.78 is 8.33. The number of hydrogen-bond acceptors (Lipinski definition) is 7. The molecule has 0 atom stereocenters. The van der Waals surface area contributed by atoms with Crippen LogP contribution in [0, 0.1) is 22.7 Å². The Hall–Kier alpha value is -1.22. The van der Waals surface area contributed by atoms with Crippen molar-refractivity contribution in [1.82, 2.24) is 4.72 Å². The topological polar surface area (TPSA) is 89.1 Å². The smallest absolute Gasteiger partial charge is 0.101 e. The van der Waals surface area contributed by atoms with Gasteiger partial charge < -0.3 is 9.84 Å². The Morgan fingerprint density at radius 1 is 1.14 bits per heavy atom. The third-order valence-electron chi connectivity index (χ3n) is 2.58. The van der Waals surface area contributed by atoms with Gasteiger partial charge in [-0.3, -0.25) is 4.72 Å². The summed E-state index contributed by atoms with van der Waals surface area (Å²) in [6.45, 7) is 1.81. The van der Waals surface area contributed by atoms with Crippen molar-refractivity contribution in [3.63, 3.8) is 0 Å². The van der Waals surface area contributed by atoms with Gasteiger partial charge in [0.05, 0.1) is 30.9 Å². The Morgan fingerprint density at radius 2 is 1.95 bits per heavy atom. The Kier molecular flexibility index (Phi) is 10.6. The van der Waals surface area contributed by atoms with Crippen LogP contribution in [0.1, 0.15) is 17.5 Å². The van der Waals surface area contributed by atoms with Gasteiger partial charge in [-0.05, 0) is 30.4 Å². The summed E-state index contributed by atoms with van der Waals surface area (Å²) in [5, 5.41) is 26.4. The number of rotatable bonds is 11. The van der Waals surface area contributed by atoms with E-state index in [0.717, 1.165) is 29.4 Å². The maximum Gasteiger partial charge on any atom is 0.101 e. The molecule has 0 aromatic heterocycles. The van der Waals surface area contributed by atoms with Gasteiger partial charge in [0.1, 0.15) is 12.1 Å². The number of nitriles is 2. The zero-order valence-corrected chi connectivity index (χ0v) is 13.9. The summed E-state index contributed by atoms with van der Waals surface area (Å²) in [5.74, 6) is 1.96. The number of nitrogens with zero attached hydrogens (tertiary/aromatic N) is 2. The summed E-state index contributed by atoms with van der Waals surface area (Å²) in [6.07, 6.45) is 1.04. The van der Waals surface area contributed by atoms with E-state index in [1.54, 1.807) is 35.8 Å². The molecular weight excluding hydrogens is 318 g/mol. The van der Waals surface area contributed by atoms with E-state index in [1.165, 1.54) is 0 Å². The molecule has 0 fully saturated rings. The first-order chi connectivity index (χ1) is 10.8. The molecule has 0 spiro atoms. The molecule has 0 bridgehead atoms. The number of thioether (sulfide) groups is 1. The third-order valence-corrected chi connectivity index (χ3v) is 4.56. The van der Waals surface area contributed by atoms with E-state index < -0.39 is 0 Å². The maximum absolute atomic E-state index is 8.97. The van der Waals surface area contributed by atoms with Crippen LogP contribution >= 0.6 is 23.7 Å². The Balaban J connectivity index is 2.10. The lowest BCUT2D eigenvalue weighted by Gasteiger charge is -2.05. The van der Waals surface area contributed by atoms with Gasteiger partial charge in [-0.15, -0.1) is 11.8 Å². The van der Waals surface area contributed by atoms with Gasteiger partial charge in [0.2, 0.25) is 0 Å². The van der Waals surface area contributed by atoms with Crippen molar-refractivity contribution in [2.24, 2.45) is 0 Å². The highest BCUT2D eigenvalue weighted by molar-refractivity contribution is 7.99. The maximum atomic E-state index is 8.97. The van der Waals surface area contributed by atoms with Crippen LogP contribution in [0.5, 0.6) is 0 Å². The molecule has 1 aromatic carbocycles. The van der Waals surface area contributed by atoms with E-state index in [4.69, 9.17) is 20.4 Å². The molecule has 0 aliphatic heterocycles. The van der Waals surface area contributed by atoms with Gasteiger partial charge in [0.15, 0.2) is 0 Å². The van der Waals surface area contributed by atoms with E-state index in [2.05, 4.69) is 4.72 Å². The minimum absolute atomic E-state index is 0.0627. The van der Waals surface area contributed by atoms with Gasteiger partial charge in [-0.1, -0.05) is 11.9 Å². The molecule has 0 aliphatic carbocycles. The van der Waals surface area contributed by atoms with Crippen molar-refractivity contribution in [3.8, 4) is 12.1 Å². The average molecular weight is 337 g/mol. The fourth-order valence-electron chi connectivity index (χ4n) is 1.55. The molecule has 0 saturated carbocycles. The summed E-state index contributed by atoms with van der Waals surface area (Å²) in [6, 6.07) is 9.42. The lowest BCUT2D eigenvalue weighted by Crippen LogP contribution is -2.14. The lowest BCUT2D eigenvalue weighted by molar-refractivity contribution is 0.0964. The predicted molar refractivity (Wildman–Crippen MR) is 89.6 cm³/mol. The monoisotopic (exact) mass is 337 g/mol. The van der Waals surface area contributed by atoms with Crippen LogP contribution in [-0.2, 0) is 4.74 Å². The average Bonchev–Trinajstić information content (AvgIpc) is 2.56. The first-order valence-electron chi connectivity index (χ1n) is 6.92. The zero-order chi connectivity index (χ0) is 16.0. The highest BCUT2D eigenvalue weighted by atomic mass is 32.2. The summed E-state index contributed by atoms with van der Waals surface area (Å²) in [4.78, 5) is 1.02. The number of ether oxygens (including phenoxy) is 1. The number of aliphatic hydroxyl groups excluding tert-OH is 1. The molecule has 7 heteroatoms. The number of aliphatic hydroxyl groups is 1. The van der Waals surface area contributed by atoms with Crippen molar-refractivity contribution in [2.75, 3.05) is 37.9 Å². The zero-order valence-electron chi connectivity index (χ0n) is 12.2. The van der Waals surface area contributed by atoms with E-state index >= 15 is 0 Å². The van der Waals surface area contributed by atoms with Gasteiger partial charge in [0.25, 0.3) is 0 Å². The third kappa shape index (κ3) is 7.69. The molecule has 22 heavy (non-hydrogen) atoms. The van der Waals surface area contributed by atoms with E-state index in [9.17, 15) is 0 Å². The Bertz CT molecular complexity index is 526. The van der Waals surface area contributed by atoms with Gasteiger partial charge >= 0.3 is 0 Å². The molecule has 2 N–H and O–H groups in total. The fourth-order valence-corrected chi connectivity index (χ4v) is 3.28. The molecule has 0 saturated heterocycles. The number of benzene rings is 1. The predicted octanol–water partition coefficient (Wildman–Crippen LogP) is 2.16. The quantitative estimate of drug-likeness (QED) is 0.363. The largest absolute Gasteiger partial charge is 0.394 e. The molecular formula is C15H19N3O2S2.